The minimum absolute atomic E-state index is 0.0380. The van der Waals surface area contributed by atoms with Crippen LogP contribution >= 0.6 is 0 Å². The molecule has 6 nitrogen and oxygen atoms in total. The van der Waals surface area contributed by atoms with Gasteiger partial charge in [0.2, 0.25) is 0 Å². The number of hydrogen-bond acceptors (Lipinski definition) is 5. The quantitative estimate of drug-likeness (QED) is 0.834. The molecule has 23 heavy (non-hydrogen) atoms. The van der Waals surface area contributed by atoms with Crippen molar-refractivity contribution in [2.75, 3.05) is 33.8 Å². The second-order valence-corrected chi connectivity index (χ2v) is 7.13. The van der Waals surface area contributed by atoms with Gasteiger partial charge < -0.3 is 19.1 Å². The van der Waals surface area contributed by atoms with E-state index < -0.39 is 0 Å². The van der Waals surface area contributed by atoms with Crippen molar-refractivity contribution in [3.8, 4) is 0 Å². The maximum absolute atomic E-state index is 12.7. The fourth-order valence-electron chi connectivity index (χ4n) is 3.85. The van der Waals surface area contributed by atoms with E-state index in [0.29, 0.717) is 23.1 Å². The number of carbonyl (C=O) groups is 1. The lowest BCUT2D eigenvalue weighted by atomic mass is 9.82. The van der Waals surface area contributed by atoms with E-state index >= 15 is 0 Å². The van der Waals surface area contributed by atoms with Gasteiger partial charge in [-0.3, -0.25) is 4.79 Å². The van der Waals surface area contributed by atoms with Crippen LogP contribution in [0.3, 0.4) is 0 Å². The van der Waals surface area contributed by atoms with Crippen molar-refractivity contribution >= 4 is 5.91 Å². The fourth-order valence-corrected chi connectivity index (χ4v) is 3.85. The van der Waals surface area contributed by atoms with E-state index in [-0.39, 0.29) is 11.5 Å². The number of aryl methyl sites for hydroxylation is 2. The molecule has 2 aliphatic heterocycles. The summed E-state index contributed by atoms with van der Waals surface area (Å²) < 4.78 is 11.3. The molecule has 1 aromatic heterocycles. The van der Waals surface area contributed by atoms with E-state index in [2.05, 4.69) is 24.2 Å². The van der Waals surface area contributed by atoms with Gasteiger partial charge in [-0.1, -0.05) is 5.16 Å². The smallest absolute Gasteiger partial charge is 0.259 e. The Balaban J connectivity index is 1.65. The summed E-state index contributed by atoms with van der Waals surface area (Å²) in [5.41, 5.74) is 1.24. The van der Waals surface area contributed by atoms with Gasteiger partial charge in [-0.15, -0.1) is 0 Å². The number of likely N-dealkylation sites (tertiary alicyclic amines) is 1. The maximum atomic E-state index is 12.7. The Kier molecular flexibility index (Phi) is 4.47. The highest BCUT2D eigenvalue weighted by Gasteiger charge is 2.42. The van der Waals surface area contributed by atoms with Gasteiger partial charge in [-0.05, 0) is 53.6 Å². The molecule has 1 amide bonds. The van der Waals surface area contributed by atoms with Gasteiger partial charge in [0.1, 0.15) is 11.3 Å². The number of nitrogens with zero attached hydrogens (tertiary/aromatic N) is 3. The summed E-state index contributed by atoms with van der Waals surface area (Å²) in [4.78, 5) is 16.9. The zero-order valence-corrected chi connectivity index (χ0v) is 14.6. The van der Waals surface area contributed by atoms with Gasteiger partial charge in [0.05, 0.1) is 11.3 Å². The molecule has 0 N–H and O–H groups in total. The van der Waals surface area contributed by atoms with Crippen LogP contribution in [-0.2, 0) is 4.74 Å². The van der Waals surface area contributed by atoms with E-state index in [4.69, 9.17) is 9.26 Å². The Morgan fingerprint density at radius 3 is 2.57 bits per heavy atom. The monoisotopic (exact) mass is 321 g/mol. The summed E-state index contributed by atoms with van der Waals surface area (Å²) in [6.45, 7) is 5.92. The Morgan fingerprint density at radius 2 is 2.00 bits per heavy atom. The van der Waals surface area contributed by atoms with Crippen LogP contribution in [0.15, 0.2) is 4.52 Å². The molecule has 0 radical (unpaired) electrons. The van der Waals surface area contributed by atoms with E-state index in [0.717, 1.165) is 45.4 Å². The molecular weight excluding hydrogens is 294 g/mol. The van der Waals surface area contributed by atoms with Crippen LogP contribution in [0.25, 0.3) is 0 Å². The molecule has 3 rings (SSSR count). The third kappa shape index (κ3) is 3.15. The third-order valence-corrected chi connectivity index (χ3v) is 5.41. The molecule has 1 aromatic rings. The standard InChI is InChI=1S/C17H27N3O3/c1-12-15(13(2)23-18-12)16(21)20-8-6-17(7-9-20)11-14(19(3)4)5-10-22-17/h14H,5-11H2,1-4H3. The minimum atomic E-state index is -0.0529. The molecule has 2 saturated heterocycles. The van der Waals surface area contributed by atoms with Gasteiger partial charge >= 0.3 is 0 Å². The highest BCUT2D eigenvalue weighted by molar-refractivity contribution is 5.96. The number of ether oxygens (including phenoxy) is 1. The predicted molar refractivity (Wildman–Crippen MR) is 86.5 cm³/mol. The second kappa shape index (κ2) is 6.24. The highest BCUT2D eigenvalue weighted by atomic mass is 16.5. The molecule has 0 bridgehead atoms. The van der Waals surface area contributed by atoms with Crippen LogP contribution in [0.4, 0.5) is 0 Å². The summed E-state index contributed by atoms with van der Waals surface area (Å²) in [7, 11) is 4.28. The van der Waals surface area contributed by atoms with Gasteiger partial charge in [0.15, 0.2) is 0 Å². The van der Waals surface area contributed by atoms with Crippen LogP contribution in [0.5, 0.6) is 0 Å². The molecule has 0 aromatic carbocycles. The number of rotatable bonds is 2. The van der Waals surface area contributed by atoms with Crippen molar-refractivity contribution in [1.82, 2.24) is 15.0 Å². The lowest BCUT2D eigenvalue weighted by Gasteiger charge is -2.47. The number of piperidine rings is 1. The number of hydrogen-bond donors (Lipinski definition) is 0. The second-order valence-electron chi connectivity index (χ2n) is 7.13. The normalized spacial score (nSPS) is 24.4. The first-order valence-corrected chi connectivity index (χ1v) is 8.44. The molecule has 1 atom stereocenters. The summed E-state index contributed by atoms with van der Waals surface area (Å²) in [5, 5.41) is 3.89. The third-order valence-electron chi connectivity index (χ3n) is 5.41. The average Bonchev–Trinajstić information content (AvgIpc) is 2.86. The first kappa shape index (κ1) is 16.5. The van der Waals surface area contributed by atoms with Crippen LogP contribution in [-0.4, -0.2) is 66.3 Å². The SMILES string of the molecule is Cc1noc(C)c1C(=O)N1CCC2(CC1)CC(N(C)C)CCO2. The number of carbonyl (C=O) groups excluding carboxylic acids is 1. The van der Waals surface area contributed by atoms with Crippen molar-refractivity contribution in [2.45, 2.75) is 51.2 Å². The van der Waals surface area contributed by atoms with Crippen molar-refractivity contribution in [1.29, 1.82) is 0 Å². The Bertz CT molecular complexity index is 554. The van der Waals surface area contributed by atoms with Gasteiger partial charge in [0.25, 0.3) is 5.91 Å². The van der Waals surface area contributed by atoms with Gasteiger partial charge in [-0.2, -0.15) is 0 Å². The molecule has 3 heterocycles. The zero-order chi connectivity index (χ0) is 16.6. The fraction of sp³-hybridized carbons (Fsp3) is 0.765. The Labute approximate surface area is 137 Å². The van der Waals surface area contributed by atoms with Gasteiger partial charge in [0, 0.05) is 25.7 Å². The van der Waals surface area contributed by atoms with E-state index in [1.54, 1.807) is 6.92 Å². The molecule has 0 saturated carbocycles. The van der Waals surface area contributed by atoms with Crippen LogP contribution < -0.4 is 0 Å². The van der Waals surface area contributed by atoms with Crippen LogP contribution in [0, 0.1) is 13.8 Å². The maximum Gasteiger partial charge on any atom is 0.259 e. The molecular formula is C17H27N3O3. The molecule has 2 aliphatic rings. The predicted octanol–water partition coefficient (Wildman–Crippen LogP) is 2.01. The highest BCUT2D eigenvalue weighted by Crippen LogP contribution is 2.36. The summed E-state index contributed by atoms with van der Waals surface area (Å²) in [6.07, 6.45) is 3.97. The van der Waals surface area contributed by atoms with Crippen LogP contribution in [0.1, 0.15) is 47.5 Å². The number of aromatic nitrogens is 1. The molecule has 128 valence electrons. The first-order chi connectivity index (χ1) is 10.9. The Morgan fingerprint density at radius 1 is 1.30 bits per heavy atom. The molecule has 1 unspecified atom stereocenters. The molecule has 1 spiro atoms. The first-order valence-electron chi connectivity index (χ1n) is 8.44. The van der Waals surface area contributed by atoms with E-state index in [1.807, 2.05) is 11.8 Å². The largest absolute Gasteiger partial charge is 0.375 e. The summed E-state index contributed by atoms with van der Waals surface area (Å²) in [5.74, 6) is 0.644. The Hall–Kier alpha value is -1.40. The van der Waals surface area contributed by atoms with E-state index in [1.165, 1.54) is 0 Å². The van der Waals surface area contributed by atoms with Crippen molar-refractivity contribution in [3.63, 3.8) is 0 Å². The minimum Gasteiger partial charge on any atom is -0.375 e. The summed E-state index contributed by atoms with van der Waals surface area (Å²) in [6, 6.07) is 0.577. The van der Waals surface area contributed by atoms with Crippen molar-refractivity contribution in [2.24, 2.45) is 0 Å². The molecule has 6 heteroatoms. The molecule has 2 fully saturated rings. The van der Waals surface area contributed by atoms with Crippen molar-refractivity contribution < 1.29 is 14.1 Å². The molecule has 0 aliphatic carbocycles. The zero-order valence-electron chi connectivity index (χ0n) is 14.6. The summed E-state index contributed by atoms with van der Waals surface area (Å²) >= 11 is 0. The van der Waals surface area contributed by atoms with Crippen LogP contribution in [0.2, 0.25) is 0 Å². The topological polar surface area (TPSA) is 58.8 Å². The lowest BCUT2D eigenvalue weighted by Crippen LogP contribution is -2.53. The van der Waals surface area contributed by atoms with Crippen molar-refractivity contribution in [3.05, 3.63) is 17.0 Å². The number of amides is 1. The van der Waals surface area contributed by atoms with Gasteiger partial charge in [-0.25, -0.2) is 0 Å². The lowest BCUT2D eigenvalue weighted by molar-refractivity contribution is -0.125. The van der Waals surface area contributed by atoms with E-state index in [9.17, 15) is 4.79 Å². The average molecular weight is 321 g/mol.